The zero-order valence-electron chi connectivity index (χ0n) is 12.0. The second-order valence-electron chi connectivity index (χ2n) is 4.40. The van der Waals surface area contributed by atoms with Gasteiger partial charge in [-0.1, -0.05) is 25.1 Å². The number of para-hydroxylation sites is 1. The lowest BCUT2D eigenvalue weighted by Crippen LogP contribution is -2.32. The molecule has 0 spiro atoms. The van der Waals surface area contributed by atoms with Crippen LogP contribution in [0.3, 0.4) is 0 Å². The van der Waals surface area contributed by atoms with E-state index in [-0.39, 0.29) is 5.91 Å². The lowest BCUT2D eigenvalue weighted by atomic mass is 10.3. The van der Waals surface area contributed by atoms with Gasteiger partial charge in [-0.25, -0.2) is 0 Å². The lowest BCUT2D eigenvalue weighted by Gasteiger charge is -2.08. The van der Waals surface area contributed by atoms with E-state index in [1.54, 1.807) is 18.3 Å². The number of carbonyl (C=O) groups is 1. The first-order valence-corrected chi connectivity index (χ1v) is 6.97. The Morgan fingerprint density at radius 2 is 1.95 bits per heavy atom. The number of amides is 1. The van der Waals surface area contributed by atoms with Crippen LogP contribution in [0.1, 0.15) is 17.4 Å². The van der Waals surface area contributed by atoms with Crippen LogP contribution in [0.25, 0.3) is 0 Å². The average Bonchev–Trinajstić information content (AvgIpc) is 2.53. The fourth-order valence-corrected chi connectivity index (χ4v) is 1.76. The van der Waals surface area contributed by atoms with Gasteiger partial charge >= 0.3 is 0 Å². The fourth-order valence-electron chi connectivity index (χ4n) is 1.76. The van der Waals surface area contributed by atoms with Gasteiger partial charge in [0.25, 0.3) is 5.91 Å². The van der Waals surface area contributed by atoms with Gasteiger partial charge in [0.1, 0.15) is 17.2 Å². The normalized spacial score (nSPS) is 10.1. The number of hydrogen-bond donors (Lipinski definition) is 2. The number of rotatable bonds is 7. The van der Waals surface area contributed by atoms with Crippen LogP contribution in [0.4, 0.5) is 0 Å². The molecule has 2 N–H and O–H groups in total. The summed E-state index contributed by atoms with van der Waals surface area (Å²) in [6.07, 6.45) is 1.57. The predicted octanol–water partition coefficient (Wildman–Crippen LogP) is 2.21. The molecule has 21 heavy (non-hydrogen) atoms. The number of carbonyl (C=O) groups excluding carboxylic acids is 1. The zero-order chi connectivity index (χ0) is 14.9. The van der Waals surface area contributed by atoms with E-state index in [0.717, 1.165) is 18.8 Å². The molecule has 0 aliphatic carbocycles. The van der Waals surface area contributed by atoms with Gasteiger partial charge in [0.2, 0.25) is 0 Å². The van der Waals surface area contributed by atoms with Crippen molar-refractivity contribution in [2.75, 3.05) is 19.6 Å². The molecule has 0 bridgehead atoms. The van der Waals surface area contributed by atoms with Gasteiger partial charge < -0.3 is 15.4 Å². The molecular weight excluding hydrogens is 266 g/mol. The molecule has 0 fully saturated rings. The molecule has 5 nitrogen and oxygen atoms in total. The first-order chi connectivity index (χ1) is 10.3. The van der Waals surface area contributed by atoms with Crippen LogP contribution in [-0.4, -0.2) is 30.5 Å². The summed E-state index contributed by atoms with van der Waals surface area (Å²) < 4.78 is 5.68. The minimum Gasteiger partial charge on any atom is -0.457 e. The summed E-state index contributed by atoms with van der Waals surface area (Å²) in [7, 11) is 0. The van der Waals surface area contributed by atoms with Crippen molar-refractivity contribution in [3.05, 3.63) is 54.4 Å². The summed E-state index contributed by atoms with van der Waals surface area (Å²) in [4.78, 5) is 16.0. The van der Waals surface area contributed by atoms with Crippen LogP contribution in [0.15, 0.2) is 48.7 Å². The van der Waals surface area contributed by atoms with Crippen molar-refractivity contribution in [3.63, 3.8) is 0 Å². The molecule has 0 saturated heterocycles. The van der Waals surface area contributed by atoms with E-state index in [0.29, 0.717) is 18.0 Å². The molecular formula is C16H19N3O2. The number of nitrogens with one attached hydrogen (secondary N) is 2. The molecule has 0 atom stereocenters. The second-order valence-corrected chi connectivity index (χ2v) is 4.40. The highest BCUT2D eigenvalue weighted by Crippen LogP contribution is 2.20. The maximum Gasteiger partial charge on any atom is 0.270 e. The first kappa shape index (κ1) is 15.0. The molecule has 2 rings (SSSR count). The third kappa shape index (κ3) is 4.89. The highest BCUT2D eigenvalue weighted by Gasteiger charge is 2.08. The molecule has 1 aromatic carbocycles. The van der Waals surface area contributed by atoms with E-state index >= 15 is 0 Å². The molecule has 1 heterocycles. The number of likely N-dealkylation sites (N-methyl/N-ethyl adjacent to an activating group) is 1. The number of ether oxygens (including phenoxy) is 1. The number of nitrogens with zero attached hydrogens (tertiary/aromatic N) is 1. The monoisotopic (exact) mass is 285 g/mol. The Hall–Kier alpha value is -2.40. The number of aromatic nitrogens is 1. The highest BCUT2D eigenvalue weighted by molar-refractivity contribution is 5.92. The third-order valence-electron chi connectivity index (χ3n) is 2.78. The van der Waals surface area contributed by atoms with Gasteiger partial charge in [-0.2, -0.15) is 0 Å². The van der Waals surface area contributed by atoms with Crippen LogP contribution in [0.5, 0.6) is 11.5 Å². The Morgan fingerprint density at radius 1 is 1.14 bits per heavy atom. The molecule has 1 amide bonds. The molecule has 0 saturated carbocycles. The van der Waals surface area contributed by atoms with Crippen LogP contribution < -0.4 is 15.4 Å². The highest BCUT2D eigenvalue weighted by atomic mass is 16.5. The number of hydrogen-bond acceptors (Lipinski definition) is 4. The molecule has 110 valence electrons. The van der Waals surface area contributed by atoms with Crippen molar-refractivity contribution < 1.29 is 9.53 Å². The van der Waals surface area contributed by atoms with Crippen LogP contribution in [-0.2, 0) is 0 Å². The van der Waals surface area contributed by atoms with Gasteiger partial charge in [-0.15, -0.1) is 0 Å². The lowest BCUT2D eigenvalue weighted by molar-refractivity contribution is 0.0948. The molecule has 0 aliphatic heterocycles. The fraction of sp³-hybridized carbons (Fsp3) is 0.250. The largest absolute Gasteiger partial charge is 0.457 e. The summed E-state index contributed by atoms with van der Waals surface area (Å²) in [5, 5.41) is 5.94. The van der Waals surface area contributed by atoms with E-state index in [2.05, 4.69) is 15.6 Å². The molecule has 0 radical (unpaired) electrons. The van der Waals surface area contributed by atoms with Crippen LogP contribution in [0, 0.1) is 0 Å². The summed E-state index contributed by atoms with van der Waals surface area (Å²) in [5.41, 5.74) is 0.347. The Morgan fingerprint density at radius 3 is 2.71 bits per heavy atom. The van der Waals surface area contributed by atoms with Gasteiger partial charge in [0, 0.05) is 25.4 Å². The van der Waals surface area contributed by atoms with E-state index in [9.17, 15) is 4.79 Å². The van der Waals surface area contributed by atoms with Crippen molar-refractivity contribution >= 4 is 5.91 Å². The van der Waals surface area contributed by atoms with Crippen molar-refractivity contribution in [2.45, 2.75) is 6.92 Å². The molecule has 0 aliphatic rings. The zero-order valence-corrected chi connectivity index (χ0v) is 12.0. The Labute approximate surface area is 124 Å². The van der Waals surface area contributed by atoms with E-state index in [4.69, 9.17) is 4.74 Å². The Balaban J connectivity index is 1.95. The van der Waals surface area contributed by atoms with Crippen molar-refractivity contribution in [3.8, 4) is 11.5 Å². The van der Waals surface area contributed by atoms with Crippen molar-refractivity contribution in [1.82, 2.24) is 15.6 Å². The second kappa shape index (κ2) is 8.01. The molecule has 5 heteroatoms. The summed E-state index contributed by atoms with van der Waals surface area (Å²) >= 11 is 0. The maximum atomic E-state index is 12.0. The first-order valence-electron chi connectivity index (χ1n) is 6.97. The van der Waals surface area contributed by atoms with Gasteiger partial charge in [-0.05, 0) is 24.7 Å². The van der Waals surface area contributed by atoms with Gasteiger partial charge in [0.15, 0.2) is 0 Å². The van der Waals surface area contributed by atoms with E-state index in [1.807, 2.05) is 37.3 Å². The third-order valence-corrected chi connectivity index (χ3v) is 2.78. The Kier molecular flexibility index (Phi) is 5.72. The van der Waals surface area contributed by atoms with Gasteiger partial charge in [0.05, 0.1) is 0 Å². The molecule has 2 aromatic rings. The smallest absolute Gasteiger partial charge is 0.270 e. The predicted molar refractivity (Wildman–Crippen MR) is 81.6 cm³/mol. The van der Waals surface area contributed by atoms with Crippen molar-refractivity contribution in [1.29, 1.82) is 0 Å². The number of benzene rings is 1. The number of pyridine rings is 1. The summed E-state index contributed by atoms with van der Waals surface area (Å²) in [5.74, 6) is 1.11. The van der Waals surface area contributed by atoms with Gasteiger partial charge in [-0.3, -0.25) is 9.78 Å². The minimum atomic E-state index is -0.202. The van der Waals surface area contributed by atoms with E-state index < -0.39 is 0 Å². The standard InChI is InChI=1S/C16H19N3O2/c1-2-17-10-11-19-16(20)15-12-14(8-9-18-15)21-13-6-4-3-5-7-13/h3-9,12,17H,2,10-11H2,1H3,(H,19,20). The molecule has 0 unspecified atom stereocenters. The quantitative estimate of drug-likeness (QED) is 0.766. The average molecular weight is 285 g/mol. The Bertz CT molecular complexity index is 573. The topological polar surface area (TPSA) is 63.2 Å². The van der Waals surface area contributed by atoms with Crippen molar-refractivity contribution in [2.24, 2.45) is 0 Å². The maximum absolute atomic E-state index is 12.0. The minimum absolute atomic E-state index is 0.202. The van der Waals surface area contributed by atoms with Crippen LogP contribution in [0.2, 0.25) is 0 Å². The van der Waals surface area contributed by atoms with E-state index in [1.165, 1.54) is 0 Å². The summed E-state index contributed by atoms with van der Waals surface area (Å²) in [6.45, 7) is 4.21. The summed E-state index contributed by atoms with van der Waals surface area (Å²) in [6, 6.07) is 12.8. The van der Waals surface area contributed by atoms with Crippen LogP contribution >= 0.6 is 0 Å². The SMILES string of the molecule is CCNCCNC(=O)c1cc(Oc2ccccc2)ccn1. The molecule has 1 aromatic heterocycles.